The summed E-state index contributed by atoms with van der Waals surface area (Å²) < 4.78 is 45.2. The van der Waals surface area contributed by atoms with Crippen molar-refractivity contribution in [3.8, 4) is 5.88 Å². The maximum atomic E-state index is 13.3. The Balaban J connectivity index is 2.02. The number of rotatable bonds is 3. The number of hydrogen-bond donors (Lipinski definition) is 2. The fourth-order valence-corrected chi connectivity index (χ4v) is 3.40. The summed E-state index contributed by atoms with van der Waals surface area (Å²) in [5, 5.41) is 22.3. The lowest BCUT2D eigenvalue weighted by atomic mass is 9.92. The fraction of sp³-hybridized carbons (Fsp3) is 0.571. The largest absolute Gasteiger partial charge is 0.477 e. The zero-order valence-corrected chi connectivity index (χ0v) is 13.3. The van der Waals surface area contributed by atoms with Gasteiger partial charge in [0.25, 0.3) is 0 Å². The first kappa shape index (κ1) is 18.0. The number of nitrogens with zero attached hydrogens (tertiary/aromatic N) is 3. The maximum Gasteiger partial charge on any atom is 0.404 e. The Labute approximate surface area is 144 Å². The molecule has 2 N–H and O–H groups in total. The van der Waals surface area contributed by atoms with Gasteiger partial charge >= 0.3 is 18.0 Å². The van der Waals surface area contributed by atoms with Gasteiger partial charge in [0.1, 0.15) is 11.9 Å². The van der Waals surface area contributed by atoms with Crippen molar-refractivity contribution in [3.05, 3.63) is 21.9 Å². The van der Waals surface area contributed by atoms with E-state index in [4.69, 9.17) is 9.84 Å². The average molecular weight is 376 g/mol. The van der Waals surface area contributed by atoms with Crippen molar-refractivity contribution in [3.63, 3.8) is 0 Å². The molecule has 0 spiro atoms. The van der Waals surface area contributed by atoms with Crippen LogP contribution in [0.2, 0.25) is 0 Å². The Kier molecular flexibility index (Phi) is 4.50. The van der Waals surface area contributed by atoms with Crippen LogP contribution in [0.15, 0.2) is 6.20 Å². The molecule has 26 heavy (non-hydrogen) atoms. The molecule has 9 nitrogen and oxygen atoms in total. The first-order chi connectivity index (χ1) is 12.2. The second-order valence-electron chi connectivity index (χ2n) is 6.16. The van der Waals surface area contributed by atoms with E-state index in [9.17, 15) is 28.1 Å². The number of halogens is 3. The van der Waals surface area contributed by atoms with Crippen molar-refractivity contribution in [2.24, 2.45) is 5.92 Å². The third kappa shape index (κ3) is 3.44. The van der Waals surface area contributed by atoms with Crippen LogP contribution in [-0.4, -0.2) is 53.0 Å². The van der Waals surface area contributed by atoms with E-state index in [1.165, 1.54) is 4.90 Å². The molecule has 2 unspecified atom stereocenters. The predicted molar refractivity (Wildman–Crippen MR) is 81.4 cm³/mol. The number of alkyl halides is 3. The molecule has 0 bridgehead atoms. The molecular weight excluding hydrogens is 361 g/mol. The van der Waals surface area contributed by atoms with E-state index >= 15 is 0 Å². The van der Waals surface area contributed by atoms with Crippen molar-refractivity contribution >= 4 is 17.5 Å². The normalized spacial score (nSPS) is 22.5. The Morgan fingerprint density at radius 3 is 2.81 bits per heavy atom. The van der Waals surface area contributed by atoms with E-state index in [-0.39, 0.29) is 31.1 Å². The van der Waals surface area contributed by atoms with E-state index in [0.717, 1.165) is 6.20 Å². The first-order valence-corrected chi connectivity index (χ1v) is 7.77. The van der Waals surface area contributed by atoms with Crippen LogP contribution in [-0.2, 0) is 6.42 Å². The number of pyridine rings is 1. The highest BCUT2D eigenvalue weighted by Crippen LogP contribution is 2.42. The summed E-state index contributed by atoms with van der Waals surface area (Å²) in [5.74, 6) is -1.67. The van der Waals surface area contributed by atoms with Crippen molar-refractivity contribution in [2.45, 2.75) is 25.1 Å². The minimum atomic E-state index is -4.56. The number of amides is 1. The van der Waals surface area contributed by atoms with Crippen molar-refractivity contribution in [1.82, 2.24) is 10.3 Å². The van der Waals surface area contributed by atoms with E-state index in [0.29, 0.717) is 5.56 Å². The molecule has 3 heterocycles. The first-order valence-electron chi connectivity index (χ1n) is 7.77. The molecule has 1 aromatic heterocycles. The average Bonchev–Trinajstić information content (AvgIpc) is 3.00. The molecule has 0 aromatic carbocycles. The van der Waals surface area contributed by atoms with Gasteiger partial charge in [-0.3, -0.25) is 10.1 Å². The van der Waals surface area contributed by atoms with Gasteiger partial charge in [-0.25, -0.2) is 9.78 Å². The summed E-state index contributed by atoms with van der Waals surface area (Å²) in [6, 6.07) is -1.02. The Morgan fingerprint density at radius 1 is 1.46 bits per heavy atom. The van der Waals surface area contributed by atoms with Gasteiger partial charge in [0.05, 0.1) is 23.5 Å². The zero-order chi connectivity index (χ0) is 19.1. The highest BCUT2D eigenvalue weighted by atomic mass is 19.4. The van der Waals surface area contributed by atoms with Gasteiger partial charge in [0.15, 0.2) is 0 Å². The standard InChI is InChI=1S/C14H15F3N4O5/c15-14(16,17)7-3-8(19-13(22)23)6-20(5-7)11-9-1-2-26-12(9)18-4-10(11)21(24)25/h4,7-8,19H,1-3,5-6H2,(H,22,23). The van der Waals surface area contributed by atoms with Gasteiger partial charge in [-0.15, -0.1) is 0 Å². The van der Waals surface area contributed by atoms with E-state index in [1.807, 2.05) is 0 Å². The van der Waals surface area contributed by atoms with Gasteiger partial charge in [-0.2, -0.15) is 13.2 Å². The SMILES string of the molecule is O=C(O)NC1CC(C(F)(F)F)CN(c2c([N+](=O)[O-])cnc3c2CCO3)C1. The van der Waals surface area contributed by atoms with E-state index in [1.54, 1.807) is 0 Å². The Bertz CT molecular complexity index is 742. The maximum absolute atomic E-state index is 13.3. The minimum absolute atomic E-state index is 0.0173. The molecule has 1 fully saturated rings. The minimum Gasteiger partial charge on any atom is -0.477 e. The molecule has 2 aliphatic rings. The molecular formula is C14H15F3N4O5. The zero-order valence-electron chi connectivity index (χ0n) is 13.3. The number of aromatic nitrogens is 1. The van der Waals surface area contributed by atoms with Crippen LogP contribution in [0.3, 0.4) is 0 Å². The van der Waals surface area contributed by atoms with Gasteiger partial charge in [-0.05, 0) is 6.42 Å². The second kappa shape index (κ2) is 6.50. The van der Waals surface area contributed by atoms with Gasteiger partial charge in [-0.1, -0.05) is 0 Å². The van der Waals surface area contributed by atoms with Crippen LogP contribution in [0.5, 0.6) is 5.88 Å². The molecule has 3 rings (SSSR count). The molecule has 2 aliphatic heterocycles. The van der Waals surface area contributed by atoms with Crippen LogP contribution in [0.1, 0.15) is 12.0 Å². The topological polar surface area (TPSA) is 118 Å². The number of anilines is 1. The lowest BCUT2D eigenvalue weighted by Gasteiger charge is -2.39. The number of carboxylic acid groups (broad SMARTS) is 1. The van der Waals surface area contributed by atoms with Gasteiger partial charge in [0, 0.05) is 25.1 Å². The quantitative estimate of drug-likeness (QED) is 0.611. The summed E-state index contributed by atoms with van der Waals surface area (Å²) in [4.78, 5) is 26.6. The molecule has 1 amide bonds. The summed E-state index contributed by atoms with van der Waals surface area (Å²) in [7, 11) is 0. The lowest BCUT2D eigenvalue weighted by Crippen LogP contribution is -2.54. The van der Waals surface area contributed by atoms with Crippen LogP contribution >= 0.6 is 0 Å². The second-order valence-corrected chi connectivity index (χ2v) is 6.16. The highest BCUT2D eigenvalue weighted by molar-refractivity contribution is 5.71. The number of fused-ring (bicyclic) bond motifs is 1. The van der Waals surface area contributed by atoms with Crippen molar-refractivity contribution < 1.29 is 32.7 Å². The third-order valence-corrected chi connectivity index (χ3v) is 4.44. The van der Waals surface area contributed by atoms with Crippen molar-refractivity contribution in [1.29, 1.82) is 0 Å². The van der Waals surface area contributed by atoms with E-state index in [2.05, 4.69) is 10.3 Å². The van der Waals surface area contributed by atoms with Crippen LogP contribution < -0.4 is 15.0 Å². The molecule has 142 valence electrons. The number of hydrogen-bond acceptors (Lipinski definition) is 6. The highest BCUT2D eigenvalue weighted by Gasteiger charge is 2.46. The monoisotopic (exact) mass is 376 g/mol. The third-order valence-electron chi connectivity index (χ3n) is 4.44. The summed E-state index contributed by atoms with van der Waals surface area (Å²) in [6.45, 7) is -0.390. The molecule has 0 aliphatic carbocycles. The summed E-state index contributed by atoms with van der Waals surface area (Å²) in [6.07, 6.45) is -5.20. The molecule has 1 saturated heterocycles. The van der Waals surface area contributed by atoms with Crippen LogP contribution in [0.4, 0.5) is 29.3 Å². The van der Waals surface area contributed by atoms with Crippen molar-refractivity contribution in [2.75, 3.05) is 24.6 Å². The molecule has 1 aromatic rings. The number of nitro groups is 1. The van der Waals surface area contributed by atoms with Gasteiger partial charge < -0.3 is 20.1 Å². The summed E-state index contributed by atoms with van der Waals surface area (Å²) >= 11 is 0. The number of piperidine rings is 1. The number of carbonyl (C=O) groups is 1. The number of ether oxygens (including phenoxy) is 1. The molecule has 0 saturated carbocycles. The fourth-order valence-electron chi connectivity index (χ4n) is 3.40. The lowest BCUT2D eigenvalue weighted by molar-refractivity contribution is -0.384. The molecule has 2 atom stereocenters. The molecule has 12 heteroatoms. The smallest absolute Gasteiger partial charge is 0.404 e. The van der Waals surface area contributed by atoms with Crippen LogP contribution in [0, 0.1) is 16.0 Å². The predicted octanol–water partition coefficient (Wildman–Crippen LogP) is 1.95. The van der Waals surface area contributed by atoms with Gasteiger partial charge in [0.2, 0.25) is 5.88 Å². The Morgan fingerprint density at radius 2 is 2.19 bits per heavy atom. The Hall–Kier alpha value is -2.79. The van der Waals surface area contributed by atoms with Crippen LogP contribution in [0.25, 0.3) is 0 Å². The molecule has 0 radical (unpaired) electrons. The number of nitrogens with one attached hydrogen (secondary N) is 1. The summed E-state index contributed by atoms with van der Waals surface area (Å²) in [5.41, 5.74) is -0.0362. The van der Waals surface area contributed by atoms with E-state index < -0.39 is 47.8 Å².